The third-order valence-corrected chi connectivity index (χ3v) is 4.89. The van der Waals surface area contributed by atoms with Gasteiger partial charge in [-0.15, -0.1) is 0 Å². The number of piperidine rings is 1. The van der Waals surface area contributed by atoms with E-state index in [1.807, 2.05) is 42.8 Å². The van der Waals surface area contributed by atoms with Crippen molar-refractivity contribution in [1.29, 1.82) is 0 Å². The summed E-state index contributed by atoms with van der Waals surface area (Å²) in [5, 5.41) is 11.7. The van der Waals surface area contributed by atoms with Gasteiger partial charge in [-0.2, -0.15) is 5.10 Å². The third kappa shape index (κ3) is 3.62. The Hall–Kier alpha value is -1.85. The summed E-state index contributed by atoms with van der Waals surface area (Å²) in [6.45, 7) is 6.23. The Morgan fingerprint density at radius 2 is 2.21 bits per heavy atom. The van der Waals surface area contributed by atoms with Crippen molar-refractivity contribution in [2.45, 2.75) is 39.3 Å². The van der Waals surface area contributed by atoms with Crippen molar-refractivity contribution in [2.24, 2.45) is 0 Å². The zero-order valence-electron chi connectivity index (χ0n) is 14.1. The van der Waals surface area contributed by atoms with E-state index in [0.29, 0.717) is 17.1 Å². The molecule has 2 N–H and O–H groups in total. The first-order valence-corrected chi connectivity index (χ1v) is 8.73. The molecule has 1 aliphatic rings. The molecule has 128 valence electrons. The van der Waals surface area contributed by atoms with Crippen LogP contribution in [0.5, 0.6) is 0 Å². The van der Waals surface area contributed by atoms with Crippen molar-refractivity contribution in [3.63, 3.8) is 0 Å². The number of benzene rings is 1. The molecule has 24 heavy (non-hydrogen) atoms. The van der Waals surface area contributed by atoms with E-state index in [0.717, 1.165) is 42.9 Å². The van der Waals surface area contributed by atoms with E-state index in [1.54, 1.807) is 0 Å². The van der Waals surface area contributed by atoms with Crippen molar-refractivity contribution in [1.82, 2.24) is 20.4 Å². The highest BCUT2D eigenvalue weighted by molar-refractivity contribution is 6.31. The van der Waals surface area contributed by atoms with Gasteiger partial charge in [0.1, 0.15) is 0 Å². The van der Waals surface area contributed by atoms with Crippen LogP contribution in [0.15, 0.2) is 24.3 Å². The number of hydrogen-bond donors (Lipinski definition) is 2. The van der Waals surface area contributed by atoms with E-state index in [9.17, 15) is 4.79 Å². The molecule has 2 aromatic rings. The molecule has 5 nitrogen and oxygen atoms in total. The Morgan fingerprint density at radius 3 is 2.92 bits per heavy atom. The summed E-state index contributed by atoms with van der Waals surface area (Å²) in [4.78, 5) is 12.7. The van der Waals surface area contributed by atoms with Crippen molar-refractivity contribution >= 4 is 17.5 Å². The van der Waals surface area contributed by atoms with Crippen LogP contribution in [0.3, 0.4) is 0 Å². The van der Waals surface area contributed by atoms with Crippen molar-refractivity contribution in [2.75, 3.05) is 13.1 Å². The fourth-order valence-corrected chi connectivity index (χ4v) is 3.40. The Balaban J connectivity index is 1.78. The van der Waals surface area contributed by atoms with Gasteiger partial charge in [-0.05, 0) is 44.9 Å². The fourth-order valence-electron chi connectivity index (χ4n) is 3.20. The summed E-state index contributed by atoms with van der Waals surface area (Å²) in [7, 11) is 0. The number of nitrogens with one attached hydrogen (secondary N) is 2. The summed E-state index contributed by atoms with van der Waals surface area (Å²) >= 11 is 6.24. The molecule has 1 aromatic carbocycles. The van der Waals surface area contributed by atoms with Crippen LogP contribution in [0.2, 0.25) is 5.02 Å². The van der Waals surface area contributed by atoms with Crippen LogP contribution in [0, 0.1) is 13.8 Å². The highest BCUT2D eigenvalue weighted by Gasteiger charge is 2.22. The van der Waals surface area contributed by atoms with Crippen molar-refractivity contribution in [3.8, 4) is 0 Å². The van der Waals surface area contributed by atoms with E-state index >= 15 is 0 Å². The lowest BCUT2D eigenvalue weighted by molar-refractivity contribution is 0.0929. The summed E-state index contributed by atoms with van der Waals surface area (Å²) in [6, 6.07) is 7.90. The van der Waals surface area contributed by atoms with Gasteiger partial charge in [0.2, 0.25) is 0 Å². The van der Waals surface area contributed by atoms with E-state index in [-0.39, 0.29) is 11.9 Å². The number of aryl methyl sites for hydroxylation is 1. The summed E-state index contributed by atoms with van der Waals surface area (Å²) < 4.78 is 1.85. The third-order valence-electron chi connectivity index (χ3n) is 4.52. The molecular weight excluding hydrogens is 324 g/mol. The molecule has 0 bridgehead atoms. The van der Waals surface area contributed by atoms with Gasteiger partial charge in [-0.25, -0.2) is 0 Å². The maximum atomic E-state index is 12.7. The molecule has 1 aliphatic heterocycles. The topological polar surface area (TPSA) is 59.0 Å². The smallest absolute Gasteiger partial charge is 0.255 e. The first-order valence-electron chi connectivity index (χ1n) is 8.35. The van der Waals surface area contributed by atoms with Crippen LogP contribution in [-0.2, 0) is 6.54 Å². The van der Waals surface area contributed by atoms with E-state index in [2.05, 4.69) is 15.7 Å². The molecule has 0 radical (unpaired) electrons. The molecule has 3 rings (SSSR count). The first-order chi connectivity index (χ1) is 11.6. The fraction of sp³-hybridized carbons (Fsp3) is 0.444. The van der Waals surface area contributed by atoms with Gasteiger partial charge in [-0.3, -0.25) is 9.48 Å². The lowest BCUT2D eigenvalue weighted by Gasteiger charge is -2.23. The van der Waals surface area contributed by atoms with E-state index in [4.69, 9.17) is 11.6 Å². The highest BCUT2D eigenvalue weighted by atomic mass is 35.5. The van der Waals surface area contributed by atoms with Crippen LogP contribution in [0.4, 0.5) is 0 Å². The average Bonchev–Trinajstić information content (AvgIpc) is 2.84. The minimum atomic E-state index is -0.0379. The molecule has 1 aromatic heterocycles. The predicted octanol–water partition coefficient (Wildman–Crippen LogP) is 2.68. The lowest BCUT2D eigenvalue weighted by atomic mass is 10.1. The number of amides is 1. The normalized spacial score (nSPS) is 17.7. The number of carbonyl (C=O) groups excluding carboxylic acids is 1. The summed E-state index contributed by atoms with van der Waals surface area (Å²) in [5.41, 5.74) is 3.29. The highest BCUT2D eigenvalue weighted by Crippen LogP contribution is 2.19. The molecule has 0 aliphatic carbocycles. The SMILES string of the molecule is Cc1nn(Cc2ccccc2Cl)c(C)c1C(=O)NC1CCCNC1. The Kier molecular flexibility index (Phi) is 5.21. The number of hydrogen-bond acceptors (Lipinski definition) is 3. The van der Waals surface area contributed by atoms with E-state index in [1.165, 1.54) is 0 Å². The van der Waals surface area contributed by atoms with Crippen LogP contribution in [0.25, 0.3) is 0 Å². The number of halogens is 1. The van der Waals surface area contributed by atoms with Crippen LogP contribution in [0.1, 0.15) is 40.2 Å². The molecule has 1 atom stereocenters. The van der Waals surface area contributed by atoms with Gasteiger partial charge in [-0.1, -0.05) is 29.8 Å². The Bertz CT molecular complexity index is 735. The Labute approximate surface area is 147 Å². The average molecular weight is 347 g/mol. The monoisotopic (exact) mass is 346 g/mol. The van der Waals surface area contributed by atoms with Gasteiger partial charge in [0, 0.05) is 23.3 Å². The number of rotatable bonds is 4. The summed E-state index contributed by atoms with van der Waals surface area (Å²) in [6.07, 6.45) is 2.11. The number of carbonyl (C=O) groups is 1. The maximum Gasteiger partial charge on any atom is 0.255 e. The maximum absolute atomic E-state index is 12.7. The van der Waals surface area contributed by atoms with Gasteiger partial charge < -0.3 is 10.6 Å². The molecule has 2 heterocycles. The molecule has 0 saturated carbocycles. The Morgan fingerprint density at radius 1 is 1.42 bits per heavy atom. The standard InChI is InChI=1S/C18H23ClN4O/c1-12-17(18(24)21-15-7-5-9-20-10-15)13(2)23(22-12)11-14-6-3-4-8-16(14)19/h3-4,6,8,15,20H,5,7,9-11H2,1-2H3,(H,21,24). The molecule has 6 heteroatoms. The van der Waals surface area contributed by atoms with Crippen molar-refractivity contribution in [3.05, 3.63) is 51.8 Å². The second-order valence-corrected chi connectivity index (χ2v) is 6.72. The lowest BCUT2D eigenvalue weighted by Crippen LogP contribution is -2.45. The predicted molar refractivity (Wildman–Crippen MR) is 95.6 cm³/mol. The quantitative estimate of drug-likeness (QED) is 0.894. The largest absolute Gasteiger partial charge is 0.348 e. The second kappa shape index (κ2) is 7.36. The molecule has 1 amide bonds. The number of aromatic nitrogens is 2. The molecule has 1 saturated heterocycles. The molecule has 1 unspecified atom stereocenters. The van der Waals surface area contributed by atoms with Crippen LogP contribution in [-0.4, -0.2) is 34.8 Å². The molecule has 1 fully saturated rings. The van der Waals surface area contributed by atoms with Gasteiger partial charge in [0.25, 0.3) is 5.91 Å². The second-order valence-electron chi connectivity index (χ2n) is 6.31. The van der Waals surface area contributed by atoms with Crippen LogP contribution < -0.4 is 10.6 Å². The number of nitrogens with zero attached hydrogens (tertiary/aromatic N) is 2. The summed E-state index contributed by atoms with van der Waals surface area (Å²) in [5.74, 6) is -0.0379. The first kappa shape index (κ1) is 17.0. The van der Waals surface area contributed by atoms with Gasteiger partial charge in [0.15, 0.2) is 0 Å². The minimum Gasteiger partial charge on any atom is -0.348 e. The minimum absolute atomic E-state index is 0.0379. The zero-order chi connectivity index (χ0) is 17.1. The van der Waals surface area contributed by atoms with Crippen LogP contribution >= 0.6 is 11.6 Å². The molecular formula is C18H23ClN4O. The van der Waals surface area contributed by atoms with E-state index < -0.39 is 0 Å². The van der Waals surface area contributed by atoms with Crippen molar-refractivity contribution < 1.29 is 4.79 Å². The zero-order valence-corrected chi connectivity index (χ0v) is 14.9. The molecule has 0 spiro atoms. The van der Waals surface area contributed by atoms with Gasteiger partial charge >= 0.3 is 0 Å². The van der Waals surface area contributed by atoms with Gasteiger partial charge in [0.05, 0.1) is 17.8 Å².